The minimum Gasteiger partial charge on any atom is -0.476 e. The second kappa shape index (κ2) is 9.51. The zero-order valence-electron chi connectivity index (χ0n) is 16.4. The number of hydrogen-bond donors (Lipinski definition) is 2. The molecule has 0 spiro atoms. The monoisotopic (exact) mass is 448 g/mol. The fourth-order valence-electron chi connectivity index (χ4n) is 3.17. The van der Waals surface area contributed by atoms with E-state index in [4.69, 9.17) is 15.3 Å². The average molecular weight is 448 g/mol. The molecule has 164 valence electrons. The van der Waals surface area contributed by atoms with Crippen LogP contribution in [0.5, 0.6) is 0 Å². The van der Waals surface area contributed by atoms with Crippen molar-refractivity contribution in [3.05, 3.63) is 51.0 Å². The Morgan fingerprint density at radius 3 is 2.48 bits per heavy atom. The number of nitro benzene ring substituents is 1. The maximum absolute atomic E-state index is 12.9. The third kappa shape index (κ3) is 5.34. The van der Waals surface area contributed by atoms with Crippen LogP contribution in [0.1, 0.15) is 43.4 Å². The lowest BCUT2D eigenvalue weighted by Crippen LogP contribution is -2.44. The first-order chi connectivity index (χ1) is 14.8. The molecule has 1 fully saturated rings. The molecule has 0 aliphatic heterocycles. The largest absolute Gasteiger partial charge is 0.476 e. The quantitative estimate of drug-likeness (QED) is 0.267. The molecule has 0 unspecified atom stereocenters. The van der Waals surface area contributed by atoms with Crippen LogP contribution in [-0.2, 0) is 25.8 Å². The maximum Gasteiger partial charge on any atom is 0.360 e. The summed E-state index contributed by atoms with van der Waals surface area (Å²) in [5, 5.41) is 25.6. The second-order valence-electron chi connectivity index (χ2n) is 6.96. The minimum atomic E-state index is -1.42. The molecular formula is C19H20N4O7S. The third-order valence-electron chi connectivity index (χ3n) is 4.83. The van der Waals surface area contributed by atoms with E-state index in [9.17, 15) is 24.8 Å². The SMILES string of the molecule is Nc1nc(C(=NOC2(C(=O)OCc3ccc([N+](=O)[O-])cc3)CCCCC2)C(=O)O)cs1. The fourth-order valence-corrected chi connectivity index (χ4v) is 3.72. The van der Waals surface area contributed by atoms with Crippen molar-refractivity contribution in [3.8, 4) is 0 Å². The smallest absolute Gasteiger partial charge is 0.360 e. The number of carboxylic acid groups (broad SMARTS) is 1. The number of oxime groups is 1. The number of non-ortho nitro benzene ring substituents is 1. The van der Waals surface area contributed by atoms with Gasteiger partial charge in [-0.2, -0.15) is 0 Å². The summed E-state index contributed by atoms with van der Waals surface area (Å²) < 4.78 is 5.39. The van der Waals surface area contributed by atoms with Crippen molar-refractivity contribution in [3.63, 3.8) is 0 Å². The molecule has 0 atom stereocenters. The van der Waals surface area contributed by atoms with E-state index in [0.717, 1.165) is 17.8 Å². The van der Waals surface area contributed by atoms with Gasteiger partial charge < -0.3 is 20.4 Å². The molecule has 11 nitrogen and oxygen atoms in total. The number of aliphatic carboxylic acids is 1. The molecule has 1 aromatic heterocycles. The van der Waals surface area contributed by atoms with E-state index in [-0.39, 0.29) is 23.1 Å². The molecule has 1 saturated carbocycles. The van der Waals surface area contributed by atoms with Gasteiger partial charge in [-0.25, -0.2) is 14.6 Å². The number of hydrogen-bond acceptors (Lipinski definition) is 10. The zero-order chi connectivity index (χ0) is 22.4. The number of nitrogens with two attached hydrogens (primary N) is 1. The summed E-state index contributed by atoms with van der Waals surface area (Å²) in [6, 6.07) is 5.62. The van der Waals surface area contributed by atoms with Crippen molar-refractivity contribution in [2.45, 2.75) is 44.3 Å². The number of ether oxygens (including phenoxy) is 1. The number of aromatic nitrogens is 1. The van der Waals surface area contributed by atoms with Crippen LogP contribution in [0.25, 0.3) is 0 Å². The maximum atomic E-state index is 12.9. The topological polar surface area (TPSA) is 167 Å². The van der Waals surface area contributed by atoms with Crippen molar-refractivity contribution in [2.75, 3.05) is 5.73 Å². The number of thiazole rings is 1. The lowest BCUT2D eigenvalue weighted by atomic mass is 9.85. The van der Waals surface area contributed by atoms with E-state index >= 15 is 0 Å². The highest BCUT2D eigenvalue weighted by molar-refractivity contribution is 7.13. The predicted molar refractivity (Wildman–Crippen MR) is 110 cm³/mol. The van der Waals surface area contributed by atoms with Gasteiger partial charge in [-0.1, -0.05) is 11.6 Å². The number of carboxylic acids is 1. The first-order valence-electron chi connectivity index (χ1n) is 9.42. The van der Waals surface area contributed by atoms with Gasteiger partial charge in [0, 0.05) is 30.4 Å². The Labute approximate surface area is 180 Å². The van der Waals surface area contributed by atoms with Crippen LogP contribution >= 0.6 is 11.3 Å². The molecule has 12 heteroatoms. The Morgan fingerprint density at radius 1 is 1.26 bits per heavy atom. The highest BCUT2D eigenvalue weighted by Gasteiger charge is 2.44. The highest BCUT2D eigenvalue weighted by atomic mass is 32.1. The van der Waals surface area contributed by atoms with E-state index in [1.165, 1.54) is 29.6 Å². The number of nitrogen functional groups attached to an aromatic ring is 1. The van der Waals surface area contributed by atoms with E-state index in [2.05, 4.69) is 10.1 Å². The Bertz CT molecular complexity index is 997. The third-order valence-corrected chi connectivity index (χ3v) is 5.50. The Kier molecular flexibility index (Phi) is 6.80. The van der Waals surface area contributed by atoms with Crippen molar-refractivity contribution in [1.29, 1.82) is 0 Å². The lowest BCUT2D eigenvalue weighted by Gasteiger charge is -2.32. The predicted octanol–water partition coefficient (Wildman–Crippen LogP) is 2.89. The summed E-state index contributed by atoms with van der Waals surface area (Å²) in [6.07, 6.45) is 2.92. The Balaban J connectivity index is 1.75. The van der Waals surface area contributed by atoms with E-state index < -0.39 is 28.2 Å². The number of nitrogens with zero attached hydrogens (tertiary/aromatic N) is 3. The molecule has 31 heavy (non-hydrogen) atoms. The van der Waals surface area contributed by atoms with Gasteiger partial charge >= 0.3 is 11.9 Å². The van der Waals surface area contributed by atoms with Crippen molar-refractivity contribution < 1.29 is 29.2 Å². The fraction of sp³-hybridized carbons (Fsp3) is 0.368. The Morgan fingerprint density at radius 2 is 1.94 bits per heavy atom. The van der Waals surface area contributed by atoms with E-state index in [0.29, 0.717) is 31.2 Å². The van der Waals surface area contributed by atoms with Gasteiger partial charge in [-0.3, -0.25) is 10.1 Å². The number of esters is 1. The molecule has 0 radical (unpaired) electrons. The summed E-state index contributed by atoms with van der Waals surface area (Å²) in [7, 11) is 0. The van der Waals surface area contributed by atoms with Crippen LogP contribution in [-0.4, -0.2) is 38.3 Å². The Hall–Kier alpha value is -3.54. The first-order valence-corrected chi connectivity index (χ1v) is 10.3. The van der Waals surface area contributed by atoms with Crippen LogP contribution in [0.2, 0.25) is 0 Å². The molecule has 0 amide bonds. The number of rotatable bonds is 8. The van der Waals surface area contributed by atoms with Crippen LogP contribution in [0, 0.1) is 10.1 Å². The molecular weight excluding hydrogens is 428 g/mol. The van der Waals surface area contributed by atoms with Crippen molar-refractivity contribution in [1.82, 2.24) is 4.98 Å². The van der Waals surface area contributed by atoms with Gasteiger partial charge in [0.25, 0.3) is 5.69 Å². The van der Waals surface area contributed by atoms with Gasteiger partial charge in [0.05, 0.1) is 4.92 Å². The molecule has 2 aromatic rings. The number of carbonyl (C=O) groups excluding carboxylic acids is 1. The minimum absolute atomic E-state index is 0.0419. The number of carbonyl (C=O) groups is 2. The van der Waals surface area contributed by atoms with Gasteiger partial charge in [-0.05, 0) is 30.5 Å². The lowest BCUT2D eigenvalue weighted by molar-refractivity contribution is -0.384. The van der Waals surface area contributed by atoms with Gasteiger partial charge in [0.2, 0.25) is 11.3 Å². The van der Waals surface area contributed by atoms with Crippen LogP contribution in [0.3, 0.4) is 0 Å². The number of benzene rings is 1. The molecule has 1 aliphatic carbocycles. The van der Waals surface area contributed by atoms with Gasteiger partial charge in [0.15, 0.2) is 5.13 Å². The van der Waals surface area contributed by atoms with Crippen molar-refractivity contribution >= 4 is 39.8 Å². The molecule has 1 aliphatic rings. The second-order valence-corrected chi connectivity index (χ2v) is 7.85. The number of anilines is 1. The summed E-state index contributed by atoms with van der Waals surface area (Å²) >= 11 is 1.06. The molecule has 3 rings (SSSR count). The van der Waals surface area contributed by atoms with Crippen LogP contribution < -0.4 is 5.73 Å². The molecule has 0 bridgehead atoms. The number of nitro groups is 1. The van der Waals surface area contributed by atoms with Crippen molar-refractivity contribution in [2.24, 2.45) is 5.16 Å². The molecule has 0 saturated heterocycles. The van der Waals surface area contributed by atoms with Crippen LogP contribution in [0.4, 0.5) is 10.8 Å². The van der Waals surface area contributed by atoms with Gasteiger partial charge in [-0.15, -0.1) is 11.3 Å². The highest BCUT2D eigenvalue weighted by Crippen LogP contribution is 2.34. The molecule has 3 N–H and O–H groups in total. The summed E-state index contributed by atoms with van der Waals surface area (Å²) in [5.74, 6) is -2.03. The van der Waals surface area contributed by atoms with E-state index in [1.807, 2.05) is 0 Å². The molecule has 1 aromatic carbocycles. The standard InChI is InChI=1S/C19H20N4O7S/c20-18-21-14(11-31-18)15(16(24)25)22-30-19(8-2-1-3-9-19)17(26)29-10-12-4-6-13(7-5-12)23(27)28/h4-7,11H,1-3,8-10H2,(H2,20,21)(H,24,25). The summed E-state index contributed by atoms with van der Waals surface area (Å²) in [5.41, 5.74) is 4.22. The summed E-state index contributed by atoms with van der Waals surface area (Å²) in [6.45, 7) is -0.111. The van der Waals surface area contributed by atoms with E-state index in [1.54, 1.807) is 0 Å². The molecule has 1 heterocycles. The first kappa shape index (κ1) is 22.2. The normalized spacial score (nSPS) is 15.8. The average Bonchev–Trinajstić information content (AvgIpc) is 3.18. The summed E-state index contributed by atoms with van der Waals surface area (Å²) in [4.78, 5) is 44.1. The van der Waals surface area contributed by atoms with Crippen LogP contribution in [0.15, 0.2) is 34.8 Å². The zero-order valence-corrected chi connectivity index (χ0v) is 17.2. The van der Waals surface area contributed by atoms with Gasteiger partial charge in [0.1, 0.15) is 12.3 Å².